The van der Waals surface area contributed by atoms with Crippen LogP contribution in [0, 0.1) is 0 Å². The van der Waals surface area contributed by atoms with Gasteiger partial charge in [0.1, 0.15) is 0 Å². The fraction of sp³-hybridized carbons (Fsp3) is 0.400. The van der Waals surface area contributed by atoms with E-state index in [9.17, 15) is 4.79 Å². The molecule has 4 heteroatoms. The van der Waals surface area contributed by atoms with Crippen molar-refractivity contribution >= 4 is 12.8 Å². The predicted octanol–water partition coefficient (Wildman–Crippen LogP) is 0.363. The molecule has 9 heavy (non-hydrogen) atoms. The van der Waals surface area contributed by atoms with Crippen molar-refractivity contribution < 1.29 is 0 Å². The van der Waals surface area contributed by atoms with Crippen molar-refractivity contribution in [3.63, 3.8) is 0 Å². The van der Waals surface area contributed by atoms with Gasteiger partial charge in [0.05, 0.1) is 0 Å². The molecule has 0 radical (unpaired) electrons. The second kappa shape index (κ2) is 2.31. The quantitative estimate of drug-likeness (QED) is 0.566. The van der Waals surface area contributed by atoms with Crippen LogP contribution in [0.3, 0.4) is 0 Å². The van der Waals surface area contributed by atoms with Crippen LogP contribution >= 0.6 is 12.8 Å². The molecule has 1 aromatic heterocycles. The number of aromatic nitrogens is 2. The third-order valence-corrected chi connectivity index (χ3v) is 1.47. The van der Waals surface area contributed by atoms with Crippen molar-refractivity contribution in [2.45, 2.75) is 13.5 Å². The minimum absolute atomic E-state index is 0.0826. The number of thiol groups is 1. The van der Waals surface area contributed by atoms with E-state index >= 15 is 0 Å². The van der Waals surface area contributed by atoms with Crippen LogP contribution in [0.1, 0.15) is 6.92 Å². The van der Waals surface area contributed by atoms with Gasteiger partial charge in [-0.25, -0.2) is 8.77 Å². The lowest BCUT2D eigenvalue weighted by Gasteiger charge is -1.89. The van der Waals surface area contributed by atoms with E-state index in [1.165, 1.54) is 3.97 Å². The molecule has 0 saturated carbocycles. The first-order chi connectivity index (χ1) is 4.25. The first-order valence-electron chi connectivity index (χ1n) is 2.72. The average Bonchev–Trinajstić information content (AvgIpc) is 2.15. The van der Waals surface area contributed by atoms with Crippen LogP contribution < -0.4 is 5.69 Å². The molecule has 50 valence electrons. The fourth-order valence-electron chi connectivity index (χ4n) is 0.643. The van der Waals surface area contributed by atoms with Crippen LogP contribution in [-0.4, -0.2) is 8.54 Å². The highest BCUT2D eigenvalue weighted by Gasteiger charge is 1.94. The molecule has 0 aliphatic rings. The second-order valence-corrected chi connectivity index (χ2v) is 2.14. The molecule has 0 bridgehead atoms. The van der Waals surface area contributed by atoms with Gasteiger partial charge in [0.15, 0.2) is 0 Å². The largest absolute Gasteiger partial charge is 0.338 e. The molecule has 0 aromatic carbocycles. The van der Waals surface area contributed by atoms with Crippen molar-refractivity contribution in [3.8, 4) is 0 Å². The molecule has 0 fully saturated rings. The van der Waals surface area contributed by atoms with Crippen LogP contribution in [-0.2, 0) is 6.54 Å². The summed E-state index contributed by atoms with van der Waals surface area (Å²) in [6.07, 6.45) is 3.32. The smallest absolute Gasteiger partial charge is 0.299 e. The fourth-order valence-corrected chi connectivity index (χ4v) is 0.818. The highest BCUT2D eigenvalue weighted by atomic mass is 32.1. The zero-order chi connectivity index (χ0) is 6.85. The molecular formula is C5H8N2OS. The lowest BCUT2D eigenvalue weighted by molar-refractivity contribution is 0.725. The lowest BCUT2D eigenvalue weighted by Crippen LogP contribution is -2.18. The van der Waals surface area contributed by atoms with E-state index in [4.69, 9.17) is 0 Å². The average molecular weight is 144 g/mol. The van der Waals surface area contributed by atoms with Gasteiger partial charge in [-0.1, -0.05) is 12.8 Å². The Morgan fingerprint density at radius 1 is 1.67 bits per heavy atom. The highest BCUT2D eigenvalue weighted by molar-refractivity contribution is 7.78. The Balaban J connectivity index is 3.20. The van der Waals surface area contributed by atoms with Gasteiger partial charge in [0.2, 0.25) is 0 Å². The molecule has 1 heterocycles. The molecule has 0 aliphatic carbocycles. The van der Waals surface area contributed by atoms with Gasteiger partial charge in [-0.3, -0.25) is 4.57 Å². The van der Waals surface area contributed by atoms with Gasteiger partial charge in [-0.2, -0.15) is 0 Å². The topological polar surface area (TPSA) is 26.9 Å². The predicted molar refractivity (Wildman–Crippen MR) is 38.8 cm³/mol. The summed E-state index contributed by atoms with van der Waals surface area (Å²) in [7, 11) is 0. The third kappa shape index (κ3) is 1.03. The summed E-state index contributed by atoms with van der Waals surface area (Å²) in [4.78, 5) is 10.8. The molecule has 3 nitrogen and oxygen atoms in total. The zero-order valence-corrected chi connectivity index (χ0v) is 6.01. The van der Waals surface area contributed by atoms with E-state index in [0.29, 0.717) is 6.54 Å². The molecule has 0 spiro atoms. The minimum Gasteiger partial charge on any atom is -0.299 e. The summed E-state index contributed by atoms with van der Waals surface area (Å²) in [5.74, 6) is 0. The Kier molecular flexibility index (Phi) is 1.66. The van der Waals surface area contributed by atoms with E-state index < -0.39 is 0 Å². The van der Waals surface area contributed by atoms with Gasteiger partial charge in [0.25, 0.3) is 0 Å². The van der Waals surface area contributed by atoms with Crippen molar-refractivity contribution in [1.82, 2.24) is 8.54 Å². The van der Waals surface area contributed by atoms with Crippen LogP contribution in [0.25, 0.3) is 0 Å². The second-order valence-electron chi connectivity index (χ2n) is 1.71. The Bertz CT molecular complexity index is 250. The van der Waals surface area contributed by atoms with Crippen LogP contribution in [0.2, 0.25) is 0 Å². The van der Waals surface area contributed by atoms with Gasteiger partial charge in [-0.15, -0.1) is 0 Å². The maximum atomic E-state index is 10.8. The summed E-state index contributed by atoms with van der Waals surface area (Å²) in [6, 6.07) is 0. The van der Waals surface area contributed by atoms with Crippen molar-refractivity contribution in [2.75, 3.05) is 0 Å². The first kappa shape index (κ1) is 6.48. The number of rotatable bonds is 1. The summed E-state index contributed by atoms with van der Waals surface area (Å²) < 4.78 is 2.83. The molecule has 0 N–H and O–H groups in total. The maximum Gasteiger partial charge on any atom is 0.338 e. The van der Waals surface area contributed by atoms with Gasteiger partial charge in [-0.05, 0) is 6.92 Å². The highest BCUT2D eigenvalue weighted by Crippen LogP contribution is 1.84. The van der Waals surface area contributed by atoms with E-state index in [0.717, 1.165) is 0 Å². The van der Waals surface area contributed by atoms with Crippen LogP contribution in [0.5, 0.6) is 0 Å². The third-order valence-electron chi connectivity index (χ3n) is 1.17. The first-order valence-corrected chi connectivity index (χ1v) is 3.12. The zero-order valence-electron chi connectivity index (χ0n) is 5.11. The molecular weight excluding hydrogens is 136 g/mol. The van der Waals surface area contributed by atoms with E-state index in [1.807, 2.05) is 6.92 Å². The monoisotopic (exact) mass is 144 g/mol. The molecule has 0 amide bonds. The Morgan fingerprint density at radius 3 is 2.56 bits per heavy atom. The van der Waals surface area contributed by atoms with Crippen molar-refractivity contribution in [2.24, 2.45) is 0 Å². The van der Waals surface area contributed by atoms with E-state index in [2.05, 4.69) is 12.8 Å². The number of aryl methyl sites for hydroxylation is 1. The van der Waals surface area contributed by atoms with E-state index in [1.54, 1.807) is 17.0 Å². The standard InChI is InChI=1S/C5H8N2OS/c1-2-6-3-4-7(9)5(6)8/h3-4,9H,2H2,1H3. The lowest BCUT2D eigenvalue weighted by atomic mass is 10.7. The Morgan fingerprint density at radius 2 is 2.33 bits per heavy atom. The minimum atomic E-state index is -0.0826. The summed E-state index contributed by atoms with van der Waals surface area (Å²) in [6.45, 7) is 2.61. The molecule has 0 unspecified atom stereocenters. The molecule has 0 atom stereocenters. The number of imidazole rings is 1. The summed E-state index contributed by atoms with van der Waals surface area (Å²) >= 11 is 3.86. The molecule has 0 saturated heterocycles. The number of nitrogens with zero attached hydrogens (tertiary/aromatic N) is 2. The summed E-state index contributed by atoms with van der Waals surface area (Å²) in [5, 5.41) is 0. The van der Waals surface area contributed by atoms with Crippen molar-refractivity contribution in [3.05, 3.63) is 22.9 Å². The SMILES string of the molecule is CCn1ccn(S)c1=O. The van der Waals surface area contributed by atoms with E-state index in [-0.39, 0.29) is 5.69 Å². The maximum absolute atomic E-state index is 10.8. The number of hydrogen-bond acceptors (Lipinski definition) is 2. The molecule has 0 aliphatic heterocycles. The van der Waals surface area contributed by atoms with Gasteiger partial charge < -0.3 is 0 Å². The number of hydrogen-bond donors (Lipinski definition) is 1. The van der Waals surface area contributed by atoms with Gasteiger partial charge >= 0.3 is 5.69 Å². The normalized spacial score (nSPS) is 10.0. The van der Waals surface area contributed by atoms with Crippen LogP contribution in [0.15, 0.2) is 17.2 Å². The summed E-state index contributed by atoms with van der Waals surface area (Å²) in [5.41, 5.74) is -0.0826. The molecule has 1 aromatic rings. The Hall–Kier alpha value is -0.640. The van der Waals surface area contributed by atoms with Crippen molar-refractivity contribution in [1.29, 1.82) is 0 Å². The van der Waals surface area contributed by atoms with Gasteiger partial charge in [0, 0.05) is 18.9 Å². The van der Waals surface area contributed by atoms with Crippen LogP contribution in [0.4, 0.5) is 0 Å². The Labute approximate surface area is 58.5 Å². The molecule has 1 rings (SSSR count).